The molecule has 0 amide bonds. The first-order valence-electron chi connectivity index (χ1n) is 39.3. The largest absolute Gasteiger partial charge is 0.539 e. The normalized spacial score (nSPS) is 26.1. The number of hydrogen-bond acceptors (Lipinski definition) is 41. The third-order valence-corrected chi connectivity index (χ3v) is 30.4. The van der Waals surface area contributed by atoms with Crippen molar-refractivity contribution in [3.63, 3.8) is 0 Å². The number of esters is 2. The van der Waals surface area contributed by atoms with Crippen LogP contribution in [-0.4, -0.2) is 201 Å². The highest BCUT2D eigenvalue weighted by molar-refractivity contribution is 7.66. The Balaban J connectivity index is 0.000000160. The van der Waals surface area contributed by atoms with Crippen LogP contribution in [0.2, 0.25) is 0 Å². The number of carbonyl (C=O) groups is 2. The summed E-state index contributed by atoms with van der Waals surface area (Å²) in [6.07, 6.45) is -18.0. The molecule has 10 N–H and O–H groups in total. The van der Waals surface area contributed by atoms with Gasteiger partial charge in [-0.2, -0.15) is 8.62 Å². The van der Waals surface area contributed by atoms with Gasteiger partial charge >= 0.3 is 68.1 Å². The maximum Gasteiger partial charge on any atom is 0.539 e. The molecule has 4 saturated heterocycles. The molecule has 6 aromatic heterocycles. The van der Waals surface area contributed by atoms with E-state index >= 15 is 0 Å². The Morgan fingerprint density at radius 1 is 0.523 bits per heavy atom. The maximum absolute atomic E-state index is 13.7. The van der Waals surface area contributed by atoms with Crippen molar-refractivity contribution in [1.82, 2.24) is 48.0 Å². The summed E-state index contributed by atoms with van der Waals surface area (Å²) in [7, 11) is -28.0. The zero-order chi connectivity index (χ0) is 94.7. The first-order chi connectivity index (χ1) is 62.6. The second-order valence-corrected chi connectivity index (χ2v) is 39.8. The van der Waals surface area contributed by atoms with Crippen LogP contribution in [0.5, 0.6) is 5.75 Å². The monoisotopic (exact) mass is 1960 g/mol. The molecule has 11 unspecified atom stereocenters. The van der Waals surface area contributed by atoms with Crippen molar-refractivity contribution in [2.24, 2.45) is 0 Å². The lowest BCUT2D eigenvalue weighted by Gasteiger charge is -2.28. The molecule has 0 bridgehead atoms. The number of carbonyl (C=O) groups excluding carboxylic acids is 2. The summed E-state index contributed by atoms with van der Waals surface area (Å²) < 4.78 is 173. The maximum atomic E-state index is 13.7. The van der Waals surface area contributed by atoms with E-state index in [2.05, 4.69) is 29.6 Å². The van der Waals surface area contributed by atoms with Crippen molar-refractivity contribution in [2.45, 2.75) is 146 Å². The van der Waals surface area contributed by atoms with E-state index in [1.54, 1.807) is 128 Å². The second-order valence-electron chi connectivity index (χ2n) is 29.6. The number of phosphoric acid groups is 5. The lowest BCUT2D eigenvalue weighted by atomic mass is 10.1. The minimum absolute atomic E-state index is 0.0211. The summed E-state index contributed by atoms with van der Waals surface area (Å²) in [5.74, 6) is -1.39. The Hall–Kier alpha value is -10.2. The number of para-hydroxylation sites is 4. The van der Waals surface area contributed by atoms with E-state index in [9.17, 15) is 111 Å². The zero-order valence-corrected chi connectivity index (χ0v) is 74.3. The molecule has 57 heteroatoms. The number of phosphoric ester groups is 5. The molecule has 132 heavy (non-hydrogen) atoms. The quantitative estimate of drug-likeness (QED) is 0.0226. The van der Waals surface area contributed by atoms with E-state index in [4.69, 9.17) is 72.8 Å². The van der Waals surface area contributed by atoms with Crippen LogP contribution in [0.15, 0.2) is 200 Å². The molecule has 11 heterocycles. The van der Waals surface area contributed by atoms with Gasteiger partial charge in [-0.05, 0) is 61.4 Å². The smallest absolute Gasteiger partial charge is 0.468 e. The molecule has 51 nitrogen and oxygen atoms in total. The van der Waals surface area contributed by atoms with Crippen LogP contribution in [0.1, 0.15) is 72.7 Å². The van der Waals surface area contributed by atoms with Crippen LogP contribution < -0.4 is 43.4 Å². The fourth-order valence-electron chi connectivity index (χ4n) is 14.0. The van der Waals surface area contributed by atoms with Crippen LogP contribution in [0.3, 0.4) is 0 Å². The molecular formula is C75H82N10O41P6. The number of aliphatic hydroxyl groups excluding tert-OH is 6. The van der Waals surface area contributed by atoms with Gasteiger partial charge in [-0.15, -0.1) is 0 Å². The van der Waals surface area contributed by atoms with E-state index < -0.39 is 204 Å². The molecule has 16 rings (SSSR count). The van der Waals surface area contributed by atoms with Crippen molar-refractivity contribution in [1.29, 1.82) is 0 Å². The van der Waals surface area contributed by atoms with Gasteiger partial charge in [0.15, 0.2) is 35.4 Å². The molecule has 0 aliphatic carbocycles. The van der Waals surface area contributed by atoms with E-state index in [1.807, 2.05) is 0 Å². The number of fused-ring (bicyclic) bond motifs is 4. The standard InChI is InChI=1S/C28H32N4O13P2.C25H25N3O13P2.C22H25N3O15P2/c1-17(27(36)41-2)30-46(38,16-18-8-4-3-5-9-18)45-47(39,40)42-15-22-24(34)25(35)26(43-22)31-13-12-23(33)32(28(31)37)14-20-19-10-6-7-11-21(19)44-29-20;1-14-5-4-6-15-12-37-43(35,40-23(14)15)41-42(33,34)36-13-19-21(30)22(31)24(38-19)27-10-9-20(29)28(25(27)32)11-17-16-7-2-3-8-18(16)39-26-17;1-12(26)36-18-7-9-34-42(33,39-18)40-41(31,32)35-11-16-19(28)20(29)21(37-16)24-8-6-17(27)25(22(24)30)10-14-13-4-2-3-5-15(13)38-23-14/h3-13,17,22,24-26,34-35H,14-16H2,1-2H3,(H,30,38)(H,39,40);2-10,19,21-22,24,30-31H,11-13H2,1H3,(H,33,34);2-6,8,16,18-21,28-29H,7,9-11H2,1H3,(H,31,32)/t17?,22-,24+,25?,26-,46?;19-,21+,22?,24-,43?;16-,18?,19+,20?,21-,42?/m111/s1. The second kappa shape index (κ2) is 40.5. The number of benzene rings is 5. The van der Waals surface area contributed by atoms with Crippen molar-refractivity contribution < 1.29 is 164 Å². The summed E-state index contributed by atoms with van der Waals surface area (Å²) in [5, 5.41) is 79.7. The van der Waals surface area contributed by atoms with Crippen molar-refractivity contribution in [2.75, 3.05) is 33.5 Å². The van der Waals surface area contributed by atoms with Crippen molar-refractivity contribution in [3.05, 3.63) is 254 Å². The Bertz CT molecular complexity index is 6800. The molecule has 0 spiro atoms. The van der Waals surface area contributed by atoms with Crippen LogP contribution in [0.4, 0.5) is 0 Å². The molecule has 5 aromatic carbocycles. The average Bonchev–Trinajstić information content (AvgIpc) is 1.52. The lowest BCUT2D eigenvalue weighted by molar-refractivity contribution is -0.169. The molecule has 11 aromatic rings. The number of aromatic nitrogens is 9. The van der Waals surface area contributed by atoms with Gasteiger partial charge in [0.25, 0.3) is 24.2 Å². The Labute approximate surface area is 739 Å². The van der Waals surface area contributed by atoms with Crippen LogP contribution in [-0.2, 0) is 133 Å². The molecule has 708 valence electrons. The zero-order valence-electron chi connectivity index (χ0n) is 69.0. The van der Waals surface area contributed by atoms with Gasteiger partial charge in [0.2, 0.25) is 6.29 Å². The van der Waals surface area contributed by atoms with E-state index in [0.717, 1.165) is 78.2 Å². The molecular weight excluding hydrogens is 1880 g/mol. The highest BCUT2D eigenvalue weighted by atomic mass is 31.3. The molecule has 20 atom stereocenters. The van der Waals surface area contributed by atoms with Crippen LogP contribution in [0.25, 0.3) is 32.9 Å². The first-order valence-corrected chi connectivity index (χ1v) is 48.5. The van der Waals surface area contributed by atoms with Gasteiger partial charge in [0.1, 0.15) is 83.8 Å². The van der Waals surface area contributed by atoms with E-state index in [1.165, 1.54) is 6.92 Å². The Kier molecular flexibility index (Phi) is 30.0. The number of rotatable bonds is 30. The topological polar surface area (TPSA) is 679 Å². The third-order valence-electron chi connectivity index (χ3n) is 20.4. The summed E-state index contributed by atoms with van der Waals surface area (Å²) in [5.41, 5.74) is -0.903. The lowest BCUT2D eigenvalue weighted by Crippen LogP contribution is -2.43. The highest BCUT2D eigenvalue weighted by Gasteiger charge is 2.52. The number of nitrogens with one attached hydrogen (secondary N) is 1. The van der Waals surface area contributed by atoms with Gasteiger partial charge in [-0.25, -0.2) is 51.1 Å². The fourth-order valence-corrected chi connectivity index (χ4v) is 23.2. The number of hydrogen-bond donors (Lipinski definition) is 10. The predicted octanol–water partition coefficient (Wildman–Crippen LogP) is 3.86. The van der Waals surface area contributed by atoms with Gasteiger partial charge in [-0.1, -0.05) is 100 Å². The summed E-state index contributed by atoms with van der Waals surface area (Å²) in [4.78, 5) is 132. The molecule has 5 aliphatic heterocycles. The average molecular weight is 1970 g/mol. The van der Waals surface area contributed by atoms with Gasteiger partial charge in [0, 0.05) is 71.9 Å². The van der Waals surface area contributed by atoms with E-state index in [0.29, 0.717) is 66.7 Å². The van der Waals surface area contributed by atoms with Gasteiger partial charge in [-0.3, -0.25) is 78.6 Å². The molecule has 4 fully saturated rings. The predicted molar refractivity (Wildman–Crippen MR) is 444 cm³/mol. The number of ether oxygens (including phenoxy) is 5. The highest BCUT2D eigenvalue weighted by Crippen LogP contribution is 2.67. The minimum atomic E-state index is -5.21. The SMILES string of the molecule is CC(=O)OC1CCOP(=O)(OP(=O)(O)OC[C@H]2O[C@@H](n3ccc(=O)n(Cc4noc5ccccc45)c3=O)C(O)[C@H]2O)O1.COC(=O)C(C)NP(=O)(Cc1ccccc1)OP(=O)(O)OC[C@H]1O[C@@H](n2ccc(=O)n(Cc3noc4ccccc34)c2=O)C(O)[C@H]1O.Cc1cccc2c1OP(=O)(OP(=O)(O)OC[C@H]1O[C@@H](n3ccc(=O)n(Cc4noc5ccccc45)c3=O)C(O)[C@H]1O)OC2. The summed E-state index contributed by atoms with van der Waals surface area (Å²) in [6.45, 7) is 0.162. The fraction of sp³-hybridized carbons (Fsp3) is 0.373. The van der Waals surface area contributed by atoms with Gasteiger partial charge in [0.05, 0.1) is 65.9 Å². The van der Waals surface area contributed by atoms with E-state index in [-0.39, 0.29) is 45.0 Å². The number of methoxy groups -OCH3 is 1. The summed E-state index contributed by atoms with van der Waals surface area (Å²) >= 11 is 0. The number of aliphatic hydroxyl groups is 6. The van der Waals surface area contributed by atoms with Crippen molar-refractivity contribution in [3.8, 4) is 5.75 Å². The Morgan fingerprint density at radius 3 is 1.34 bits per heavy atom. The number of nitrogens with zero attached hydrogens (tertiary/aromatic N) is 9. The minimum Gasteiger partial charge on any atom is -0.468 e. The van der Waals surface area contributed by atoms with Crippen LogP contribution in [0, 0.1) is 6.92 Å². The Morgan fingerprint density at radius 2 is 0.924 bits per heavy atom. The third kappa shape index (κ3) is 22.5. The van der Waals surface area contributed by atoms with Gasteiger partial charge < -0.3 is 87.1 Å². The summed E-state index contributed by atoms with van der Waals surface area (Å²) in [6, 6.07) is 35.7. The van der Waals surface area contributed by atoms with Crippen LogP contribution >= 0.6 is 46.6 Å². The molecule has 0 saturated carbocycles. The molecule has 0 radical (unpaired) electrons. The molecule has 5 aliphatic rings. The first kappa shape index (κ1) is 97.8. The van der Waals surface area contributed by atoms with Crippen molar-refractivity contribution >= 4 is 91.5 Å². The number of aryl methyl sites for hydroxylation is 1.